The number of benzene rings is 2. The van der Waals surface area contributed by atoms with Crippen molar-refractivity contribution in [3.8, 4) is 0 Å². The van der Waals surface area contributed by atoms with Gasteiger partial charge in [0.25, 0.3) is 0 Å². The summed E-state index contributed by atoms with van der Waals surface area (Å²) in [4.78, 5) is 25.6. The normalized spacial score (nSPS) is 14.8. The molecule has 2 heterocycles. The van der Waals surface area contributed by atoms with E-state index in [4.69, 9.17) is 23.2 Å². The Morgan fingerprint density at radius 3 is 2.50 bits per heavy atom. The van der Waals surface area contributed by atoms with Crippen molar-refractivity contribution in [3.63, 3.8) is 0 Å². The predicted octanol–water partition coefficient (Wildman–Crippen LogP) is 4.30. The molecule has 142 valence electrons. The van der Waals surface area contributed by atoms with E-state index in [0.29, 0.717) is 36.2 Å². The first-order valence-electron chi connectivity index (χ1n) is 8.99. The standard InChI is InChI=1S/C21H18Cl2N4O/c22-16-7-5-15(17(23)13-16)6-8-21(28)27-11-9-26(10-12-27)20-14-24-18-3-1-2-4-19(18)25-20/h1-8,13-14H,9-12H2/b8-6+. The van der Waals surface area contributed by atoms with E-state index in [1.165, 1.54) is 0 Å². The molecule has 4 rings (SSSR count). The van der Waals surface area contributed by atoms with Crippen LogP contribution in [0.4, 0.5) is 5.82 Å². The van der Waals surface area contributed by atoms with E-state index in [1.54, 1.807) is 36.5 Å². The number of halogens is 2. The van der Waals surface area contributed by atoms with Crippen LogP contribution in [0.15, 0.2) is 54.7 Å². The van der Waals surface area contributed by atoms with Gasteiger partial charge in [0.05, 0.1) is 17.2 Å². The number of hydrogen-bond donors (Lipinski definition) is 0. The maximum atomic E-state index is 12.5. The highest BCUT2D eigenvalue weighted by molar-refractivity contribution is 6.35. The van der Waals surface area contributed by atoms with Crippen molar-refractivity contribution in [2.24, 2.45) is 0 Å². The Morgan fingerprint density at radius 1 is 1.00 bits per heavy atom. The Kier molecular flexibility index (Phi) is 5.46. The van der Waals surface area contributed by atoms with Gasteiger partial charge < -0.3 is 9.80 Å². The lowest BCUT2D eigenvalue weighted by Gasteiger charge is -2.34. The molecule has 28 heavy (non-hydrogen) atoms. The van der Waals surface area contributed by atoms with Crippen molar-refractivity contribution >= 4 is 52.0 Å². The molecular weight excluding hydrogens is 395 g/mol. The predicted molar refractivity (Wildman–Crippen MR) is 114 cm³/mol. The minimum atomic E-state index is -0.0322. The van der Waals surface area contributed by atoms with Gasteiger partial charge in [0.2, 0.25) is 5.91 Å². The number of anilines is 1. The fraction of sp³-hybridized carbons (Fsp3) is 0.190. The smallest absolute Gasteiger partial charge is 0.246 e. The van der Waals surface area contributed by atoms with Crippen molar-refractivity contribution in [2.45, 2.75) is 0 Å². The summed E-state index contributed by atoms with van der Waals surface area (Å²) in [6.07, 6.45) is 5.07. The summed E-state index contributed by atoms with van der Waals surface area (Å²) in [7, 11) is 0. The van der Waals surface area contributed by atoms with Gasteiger partial charge in [-0.3, -0.25) is 9.78 Å². The maximum absolute atomic E-state index is 12.5. The molecule has 1 amide bonds. The van der Waals surface area contributed by atoms with Gasteiger partial charge in [-0.1, -0.05) is 41.4 Å². The summed E-state index contributed by atoms with van der Waals surface area (Å²) in [6, 6.07) is 13.0. The monoisotopic (exact) mass is 412 g/mol. The van der Waals surface area contributed by atoms with Gasteiger partial charge in [0, 0.05) is 42.3 Å². The van der Waals surface area contributed by atoms with Gasteiger partial charge >= 0.3 is 0 Å². The molecule has 0 aliphatic carbocycles. The number of aromatic nitrogens is 2. The topological polar surface area (TPSA) is 49.3 Å². The quantitative estimate of drug-likeness (QED) is 0.601. The van der Waals surface area contributed by atoms with E-state index >= 15 is 0 Å². The van der Waals surface area contributed by atoms with Crippen LogP contribution >= 0.6 is 23.2 Å². The van der Waals surface area contributed by atoms with Crippen LogP contribution in [-0.2, 0) is 4.79 Å². The third-order valence-electron chi connectivity index (χ3n) is 4.72. The van der Waals surface area contributed by atoms with Crippen molar-refractivity contribution in [1.82, 2.24) is 14.9 Å². The van der Waals surface area contributed by atoms with Crippen LogP contribution in [0.5, 0.6) is 0 Å². The first-order valence-corrected chi connectivity index (χ1v) is 9.74. The summed E-state index contributed by atoms with van der Waals surface area (Å²) in [6.45, 7) is 2.70. The van der Waals surface area contributed by atoms with Crippen LogP contribution in [0.2, 0.25) is 10.0 Å². The molecule has 0 unspecified atom stereocenters. The van der Waals surface area contributed by atoms with E-state index in [0.717, 1.165) is 22.4 Å². The van der Waals surface area contributed by atoms with Gasteiger partial charge in [-0.15, -0.1) is 0 Å². The average Bonchev–Trinajstić information content (AvgIpc) is 2.72. The molecule has 1 fully saturated rings. The highest BCUT2D eigenvalue weighted by Gasteiger charge is 2.21. The van der Waals surface area contributed by atoms with Crippen LogP contribution < -0.4 is 4.90 Å². The minimum absolute atomic E-state index is 0.0322. The van der Waals surface area contributed by atoms with Crippen LogP contribution in [0, 0.1) is 0 Å². The highest BCUT2D eigenvalue weighted by atomic mass is 35.5. The number of piperazine rings is 1. The lowest BCUT2D eigenvalue weighted by Crippen LogP contribution is -2.48. The summed E-state index contributed by atoms with van der Waals surface area (Å²) in [5.74, 6) is 0.810. The third-order valence-corrected chi connectivity index (χ3v) is 5.28. The Labute approximate surface area is 173 Å². The Balaban J connectivity index is 1.39. The molecule has 0 radical (unpaired) electrons. The Hall–Kier alpha value is -2.63. The van der Waals surface area contributed by atoms with Crippen molar-refractivity contribution in [1.29, 1.82) is 0 Å². The second-order valence-corrected chi connectivity index (χ2v) is 7.37. The molecule has 0 saturated carbocycles. The zero-order chi connectivity index (χ0) is 19.5. The van der Waals surface area contributed by atoms with Crippen LogP contribution in [0.25, 0.3) is 17.1 Å². The van der Waals surface area contributed by atoms with E-state index < -0.39 is 0 Å². The molecule has 1 aromatic heterocycles. The lowest BCUT2D eigenvalue weighted by molar-refractivity contribution is -0.126. The summed E-state index contributed by atoms with van der Waals surface area (Å²) < 4.78 is 0. The van der Waals surface area contributed by atoms with E-state index in [1.807, 2.05) is 29.2 Å². The highest BCUT2D eigenvalue weighted by Crippen LogP contribution is 2.22. The average molecular weight is 413 g/mol. The number of fused-ring (bicyclic) bond motifs is 1. The maximum Gasteiger partial charge on any atom is 0.246 e. The molecule has 0 bridgehead atoms. The SMILES string of the molecule is O=C(/C=C/c1ccc(Cl)cc1Cl)N1CCN(c2cnc3ccccc3n2)CC1. The zero-order valence-electron chi connectivity index (χ0n) is 15.1. The van der Waals surface area contributed by atoms with Crippen LogP contribution in [0.3, 0.4) is 0 Å². The third kappa shape index (κ3) is 4.11. The van der Waals surface area contributed by atoms with Gasteiger partial charge in [-0.25, -0.2) is 4.98 Å². The molecule has 2 aromatic carbocycles. The molecule has 5 nitrogen and oxygen atoms in total. The summed E-state index contributed by atoms with van der Waals surface area (Å²) >= 11 is 12.0. The number of nitrogens with zero attached hydrogens (tertiary/aromatic N) is 4. The van der Waals surface area contributed by atoms with E-state index in [2.05, 4.69) is 14.9 Å². The van der Waals surface area contributed by atoms with Gasteiger partial charge in [-0.2, -0.15) is 0 Å². The molecule has 7 heteroatoms. The first-order chi connectivity index (χ1) is 13.6. The van der Waals surface area contributed by atoms with Gasteiger partial charge in [0.15, 0.2) is 0 Å². The van der Waals surface area contributed by atoms with Gasteiger partial charge in [-0.05, 0) is 35.9 Å². The van der Waals surface area contributed by atoms with Crippen molar-refractivity contribution < 1.29 is 4.79 Å². The number of para-hydroxylation sites is 2. The molecule has 0 spiro atoms. The Bertz CT molecular complexity index is 1050. The Morgan fingerprint density at radius 2 is 1.75 bits per heavy atom. The van der Waals surface area contributed by atoms with E-state index in [9.17, 15) is 4.79 Å². The molecule has 1 aliphatic rings. The van der Waals surface area contributed by atoms with Gasteiger partial charge in [0.1, 0.15) is 5.82 Å². The fourth-order valence-corrected chi connectivity index (χ4v) is 3.63. The van der Waals surface area contributed by atoms with Crippen molar-refractivity contribution in [2.75, 3.05) is 31.1 Å². The molecule has 0 N–H and O–H groups in total. The number of carbonyl (C=O) groups is 1. The van der Waals surface area contributed by atoms with E-state index in [-0.39, 0.29) is 5.91 Å². The first kappa shape index (κ1) is 18.7. The minimum Gasteiger partial charge on any atom is -0.352 e. The molecule has 3 aromatic rings. The largest absolute Gasteiger partial charge is 0.352 e. The molecular formula is C21H18Cl2N4O. The lowest BCUT2D eigenvalue weighted by atomic mass is 10.2. The molecule has 1 aliphatic heterocycles. The zero-order valence-corrected chi connectivity index (χ0v) is 16.6. The molecule has 0 atom stereocenters. The number of hydrogen-bond acceptors (Lipinski definition) is 4. The summed E-state index contributed by atoms with van der Waals surface area (Å²) in [5, 5.41) is 1.10. The number of amides is 1. The van der Waals surface area contributed by atoms with Crippen LogP contribution in [0.1, 0.15) is 5.56 Å². The van der Waals surface area contributed by atoms with Crippen molar-refractivity contribution in [3.05, 3.63) is 70.3 Å². The number of rotatable bonds is 3. The summed E-state index contributed by atoms with van der Waals surface area (Å²) in [5.41, 5.74) is 2.52. The molecule has 1 saturated heterocycles. The second-order valence-electron chi connectivity index (χ2n) is 6.53. The number of carbonyl (C=O) groups excluding carboxylic acids is 1. The van der Waals surface area contributed by atoms with Crippen LogP contribution in [-0.4, -0.2) is 47.0 Å². The second kappa shape index (κ2) is 8.17. The fourth-order valence-electron chi connectivity index (χ4n) is 3.16.